The van der Waals surface area contributed by atoms with E-state index in [1.54, 1.807) is 22.7 Å². The number of rotatable bonds is 0. The van der Waals surface area contributed by atoms with E-state index in [4.69, 9.17) is 11.6 Å². The second-order valence-corrected chi connectivity index (χ2v) is 3.93. The molecule has 0 spiro atoms. The van der Waals surface area contributed by atoms with E-state index in [0.717, 1.165) is 5.02 Å². The normalized spacial score (nSPS) is 10.8. The summed E-state index contributed by atoms with van der Waals surface area (Å²) in [6.45, 7) is 0. The van der Waals surface area contributed by atoms with E-state index >= 15 is 0 Å². The molecule has 0 aliphatic carbocycles. The molecule has 0 N–H and O–H groups in total. The van der Waals surface area contributed by atoms with Gasteiger partial charge < -0.3 is 0 Å². The minimum absolute atomic E-state index is 0.894. The van der Waals surface area contributed by atoms with Gasteiger partial charge in [0.05, 0.1) is 9.72 Å². The average molecular weight is 175 g/mol. The molecule has 0 unspecified atom stereocenters. The molecular formula is C6H3ClS2. The Hall–Kier alpha value is -0.0500. The Bertz CT molecular complexity index is 320. The molecule has 3 heteroatoms. The molecule has 0 saturated carbocycles. The van der Waals surface area contributed by atoms with Gasteiger partial charge in [0.25, 0.3) is 0 Å². The molecule has 46 valence electrons. The van der Waals surface area contributed by atoms with Crippen molar-refractivity contribution in [3.8, 4) is 0 Å². The molecule has 0 aliphatic rings. The smallest absolute Gasteiger partial charge is 0.0691 e. The molecule has 0 nitrogen and oxygen atoms in total. The topological polar surface area (TPSA) is 0 Å². The van der Waals surface area contributed by atoms with Crippen LogP contribution in [0.1, 0.15) is 0 Å². The standard InChI is InChI=1S/C6H3ClS2/c7-4-3-9-5-1-2-8-6(4)5/h1-3H. The fourth-order valence-electron chi connectivity index (χ4n) is 0.733. The first-order valence-corrected chi connectivity index (χ1v) is 4.62. The molecule has 0 aromatic carbocycles. The maximum Gasteiger partial charge on any atom is 0.0691 e. The van der Waals surface area contributed by atoms with Crippen LogP contribution in [-0.4, -0.2) is 0 Å². The van der Waals surface area contributed by atoms with Crippen molar-refractivity contribution in [2.45, 2.75) is 0 Å². The maximum absolute atomic E-state index is 5.83. The minimum atomic E-state index is 0.894. The highest BCUT2D eigenvalue weighted by Gasteiger charge is 2.00. The molecule has 0 aliphatic heterocycles. The van der Waals surface area contributed by atoms with Crippen LogP contribution < -0.4 is 0 Å². The summed E-state index contributed by atoms with van der Waals surface area (Å²) < 4.78 is 2.52. The van der Waals surface area contributed by atoms with Crippen molar-refractivity contribution in [1.82, 2.24) is 0 Å². The first-order valence-electron chi connectivity index (χ1n) is 2.48. The van der Waals surface area contributed by atoms with Gasteiger partial charge in [0, 0.05) is 10.1 Å². The van der Waals surface area contributed by atoms with Crippen molar-refractivity contribution in [3.05, 3.63) is 21.8 Å². The van der Waals surface area contributed by atoms with Crippen LogP contribution in [0.25, 0.3) is 9.40 Å². The molecule has 0 radical (unpaired) electrons. The lowest BCUT2D eigenvalue weighted by Crippen LogP contribution is -1.42. The summed E-state index contributed by atoms with van der Waals surface area (Å²) in [5.74, 6) is 0. The summed E-state index contributed by atoms with van der Waals surface area (Å²) in [6.07, 6.45) is 0. The summed E-state index contributed by atoms with van der Waals surface area (Å²) in [7, 11) is 0. The molecule has 2 aromatic heterocycles. The molecule has 0 atom stereocenters. The van der Waals surface area contributed by atoms with E-state index in [1.165, 1.54) is 9.40 Å². The van der Waals surface area contributed by atoms with Gasteiger partial charge in [-0.2, -0.15) is 0 Å². The summed E-state index contributed by atoms with van der Waals surface area (Å²) in [6, 6.07) is 2.09. The van der Waals surface area contributed by atoms with Gasteiger partial charge in [-0.05, 0) is 11.4 Å². The van der Waals surface area contributed by atoms with Gasteiger partial charge in [-0.3, -0.25) is 0 Å². The van der Waals surface area contributed by atoms with Crippen LogP contribution in [0.2, 0.25) is 5.02 Å². The Balaban J connectivity index is 2.99. The fraction of sp³-hybridized carbons (Fsp3) is 0. The van der Waals surface area contributed by atoms with E-state index in [0.29, 0.717) is 0 Å². The van der Waals surface area contributed by atoms with Crippen LogP contribution in [0.3, 0.4) is 0 Å². The highest BCUT2D eigenvalue weighted by atomic mass is 35.5. The van der Waals surface area contributed by atoms with Gasteiger partial charge in [0.2, 0.25) is 0 Å². The zero-order valence-electron chi connectivity index (χ0n) is 4.43. The van der Waals surface area contributed by atoms with Gasteiger partial charge >= 0.3 is 0 Å². The fourth-order valence-corrected chi connectivity index (χ4v) is 3.02. The zero-order chi connectivity index (χ0) is 6.27. The van der Waals surface area contributed by atoms with Gasteiger partial charge in [-0.1, -0.05) is 11.6 Å². The number of halogens is 1. The molecule has 2 rings (SSSR count). The van der Waals surface area contributed by atoms with E-state index < -0.39 is 0 Å². The van der Waals surface area contributed by atoms with Crippen molar-refractivity contribution >= 4 is 43.7 Å². The molecule has 9 heavy (non-hydrogen) atoms. The molecule has 2 heterocycles. The predicted molar refractivity (Wildman–Crippen MR) is 44.7 cm³/mol. The third kappa shape index (κ3) is 0.784. The van der Waals surface area contributed by atoms with Crippen molar-refractivity contribution in [2.24, 2.45) is 0 Å². The molecule has 2 aromatic rings. The summed E-state index contributed by atoms with van der Waals surface area (Å²) in [4.78, 5) is 0. The Morgan fingerprint density at radius 1 is 1.33 bits per heavy atom. The summed E-state index contributed by atoms with van der Waals surface area (Å²) in [5, 5.41) is 4.93. The molecule has 0 fully saturated rings. The lowest BCUT2D eigenvalue weighted by atomic mass is 10.5. The third-order valence-corrected chi connectivity index (χ3v) is 3.70. The van der Waals surface area contributed by atoms with Crippen LogP contribution >= 0.6 is 34.3 Å². The highest BCUT2D eigenvalue weighted by Crippen LogP contribution is 2.33. The molecule has 0 amide bonds. The van der Waals surface area contributed by atoms with Gasteiger partial charge in [0.1, 0.15) is 0 Å². The average Bonchev–Trinajstić information content (AvgIpc) is 2.35. The first kappa shape index (κ1) is 5.71. The molecular weight excluding hydrogens is 172 g/mol. The predicted octanol–water partition coefficient (Wildman–Crippen LogP) is 3.62. The SMILES string of the molecule is Clc1csc2ccsc12. The van der Waals surface area contributed by atoms with Crippen LogP contribution in [0.5, 0.6) is 0 Å². The van der Waals surface area contributed by atoms with E-state index in [-0.39, 0.29) is 0 Å². The Morgan fingerprint density at radius 3 is 3.00 bits per heavy atom. The second-order valence-electron chi connectivity index (χ2n) is 1.70. The second kappa shape index (κ2) is 1.97. The van der Waals surface area contributed by atoms with E-state index in [1.807, 2.05) is 5.38 Å². The molecule has 0 bridgehead atoms. The van der Waals surface area contributed by atoms with Crippen molar-refractivity contribution in [3.63, 3.8) is 0 Å². The van der Waals surface area contributed by atoms with Crippen LogP contribution in [0, 0.1) is 0 Å². The van der Waals surface area contributed by atoms with E-state index in [2.05, 4.69) is 11.4 Å². The number of hydrogen-bond donors (Lipinski definition) is 0. The van der Waals surface area contributed by atoms with Gasteiger partial charge in [0.15, 0.2) is 0 Å². The third-order valence-electron chi connectivity index (χ3n) is 1.14. The monoisotopic (exact) mass is 174 g/mol. The van der Waals surface area contributed by atoms with Crippen molar-refractivity contribution in [1.29, 1.82) is 0 Å². The van der Waals surface area contributed by atoms with Gasteiger partial charge in [-0.25, -0.2) is 0 Å². The van der Waals surface area contributed by atoms with Crippen molar-refractivity contribution in [2.75, 3.05) is 0 Å². The first-order chi connectivity index (χ1) is 4.38. The quantitative estimate of drug-likeness (QED) is 0.573. The Labute approximate surface area is 65.7 Å². The largest absolute Gasteiger partial charge is 0.141 e. The van der Waals surface area contributed by atoms with Crippen LogP contribution in [0.15, 0.2) is 16.8 Å². The lowest BCUT2D eigenvalue weighted by molar-refractivity contribution is 2.22. The van der Waals surface area contributed by atoms with E-state index in [9.17, 15) is 0 Å². The van der Waals surface area contributed by atoms with Gasteiger partial charge in [-0.15, -0.1) is 22.7 Å². The lowest BCUT2D eigenvalue weighted by Gasteiger charge is -1.72. The number of fused-ring (bicyclic) bond motifs is 1. The maximum atomic E-state index is 5.83. The van der Waals surface area contributed by atoms with Crippen LogP contribution in [-0.2, 0) is 0 Å². The summed E-state index contributed by atoms with van der Waals surface area (Å²) in [5.41, 5.74) is 0. The van der Waals surface area contributed by atoms with Crippen molar-refractivity contribution < 1.29 is 0 Å². The molecule has 0 saturated heterocycles. The number of thiophene rings is 2. The van der Waals surface area contributed by atoms with Crippen LogP contribution in [0.4, 0.5) is 0 Å². The Kier molecular flexibility index (Phi) is 1.25. The minimum Gasteiger partial charge on any atom is -0.141 e. The Morgan fingerprint density at radius 2 is 2.22 bits per heavy atom. The number of hydrogen-bond acceptors (Lipinski definition) is 2. The highest BCUT2D eigenvalue weighted by molar-refractivity contribution is 7.26. The summed E-state index contributed by atoms with van der Waals surface area (Å²) >= 11 is 9.23. The zero-order valence-corrected chi connectivity index (χ0v) is 6.82.